The van der Waals surface area contributed by atoms with Crippen molar-refractivity contribution in [3.05, 3.63) is 41.6 Å². The van der Waals surface area contributed by atoms with Gasteiger partial charge in [-0.1, -0.05) is 12.1 Å². The van der Waals surface area contributed by atoms with E-state index in [1.165, 1.54) is 6.07 Å². The first-order valence-electron chi connectivity index (χ1n) is 6.78. The molecule has 2 N–H and O–H groups in total. The third-order valence-corrected chi connectivity index (χ3v) is 3.76. The molecule has 0 bridgehead atoms. The van der Waals surface area contributed by atoms with Crippen molar-refractivity contribution in [2.75, 3.05) is 13.1 Å². The quantitative estimate of drug-likeness (QED) is 0.870. The Morgan fingerprint density at radius 1 is 1.21 bits per heavy atom. The van der Waals surface area contributed by atoms with Crippen LogP contribution in [0, 0.1) is 12.7 Å². The van der Waals surface area contributed by atoms with Crippen molar-refractivity contribution in [3.8, 4) is 11.3 Å². The van der Waals surface area contributed by atoms with Crippen molar-refractivity contribution >= 4 is 0 Å². The van der Waals surface area contributed by atoms with Gasteiger partial charge in [0, 0.05) is 17.2 Å². The predicted octanol–water partition coefficient (Wildman–Crippen LogP) is 2.99. The zero-order valence-corrected chi connectivity index (χ0v) is 11.0. The predicted molar refractivity (Wildman–Crippen MR) is 73.6 cm³/mol. The Morgan fingerprint density at radius 2 is 1.95 bits per heavy atom. The van der Waals surface area contributed by atoms with E-state index in [4.69, 9.17) is 0 Å². The van der Waals surface area contributed by atoms with Crippen molar-refractivity contribution < 1.29 is 4.39 Å². The third kappa shape index (κ3) is 2.40. The van der Waals surface area contributed by atoms with Gasteiger partial charge in [-0.05, 0) is 45.0 Å². The van der Waals surface area contributed by atoms with Crippen LogP contribution in [0.2, 0.25) is 0 Å². The molecule has 3 nitrogen and oxygen atoms in total. The van der Waals surface area contributed by atoms with Crippen LogP contribution >= 0.6 is 0 Å². The molecule has 1 saturated heterocycles. The van der Waals surface area contributed by atoms with Crippen LogP contribution in [0.4, 0.5) is 4.39 Å². The van der Waals surface area contributed by atoms with E-state index >= 15 is 0 Å². The first-order valence-corrected chi connectivity index (χ1v) is 6.78. The molecule has 1 aromatic heterocycles. The highest BCUT2D eigenvalue weighted by Gasteiger charge is 2.20. The SMILES string of the molecule is Cc1[nH]c(C2CCNCC2)nc1-c1ccccc1F. The molecule has 2 heterocycles. The zero-order valence-electron chi connectivity index (χ0n) is 11.0. The first kappa shape index (κ1) is 12.4. The van der Waals surface area contributed by atoms with Crippen molar-refractivity contribution in [1.82, 2.24) is 15.3 Å². The Bertz CT molecular complexity index is 571. The van der Waals surface area contributed by atoms with Gasteiger partial charge in [-0.15, -0.1) is 0 Å². The monoisotopic (exact) mass is 259 g/mol. The fraction of sp³-hybridized carbons (Fsp3) is 0.400. The van der Waals surface area contributed by atoms with Crippen LogP contribution in [0.15, 0.2) is 24.3 Å². The summed E-state index contributed by atoms with van der Waals surface area (Å²) in [5.41, 5.74) is 2.27. The molecule has 2 aromatic rings. The normalized spacial score (nSPS) is 16.7. The number of H-pyrrole nitrogens is 1. The number of imidazole rings is 1. The molecular formula is C15H18FN3. The molecule has 0 amide bonds. The summed E-state index contributed by atoms with van der Waals surface area (Å²) in [6, 6.07) is 6.81. The molecule has 0 spiro atoms. The number of halogens is 1. The van der Waals surface area contributed by atoms with Gasteiger partial charge in [-0.25, -0.2) is 9.37 Å². The molecule has 19 heavy (non-hydrogen) atoms. The maximum absolute atomic E-state index is 13.8. The number of aromatic amines is 1. The number of nitrogens with zero attached hydrogens (tertiary/aromatic N) is 1. The molecule has 0 unspecified atom stereocenters. The number of benzene rings is 1. The van der Waals surface area contributed by atoms with E-state index in [1.807, 2.05) is 13.0 Å². The van der Waals surface area contributed by atoms with Crippen molar-refractivity contribution in [1.29, 1.82) is 0 Å². The highest BCUT2D eigenvalue weighted by atomic mass is 19.1. The summed E-state index contributed by atoms with van der Waals surface area (Å²) in [6.45, 7) is 4.01. The van der Waals surface area contributed by atoms with Crippen LogP contribution in [0.3, 0.4) is 0 Å². The molecule has 1 aromatic carbocycles. The number of piperidine rings is 1. The minimum absolute atomic E-state index is 0.214. The summed E-state index contributed by atoms with van der Waals surface area (Å²) in [6.07, 6.45) is 2.17. The highest BCUT2D eigenvalue weighted by molar-refractivity contribution is 5.62. The minimum atomic E-state index is -0.214. The van der Waals surface area contributed by atoms with Crippen LogP contribution in [0.25, 0.3) is 11.3 Å². The minimum Gasteiger partial charge on any atom is -0.345 e. The van der Waals surface area contributed by atoms with Crippen LogP contribution < -0.4 is 5.32 Å². The highest BCUT2D eigenvalue weighted by Crippen LogP contribution is 2.29. The van der Waals surface area contributed by atoms with Crippen molar-refractivity contribution in [3.63, 3.8) is 0 Å². The molecule has 0 aliphatic carbocycles. The average molecular weight is 259 g/mol. The molecule has 100 valence electrons. The Morgan fingerprint density at radius 3 is 2.68 bits per heavy atom. The van der Waals surface area contributed by atoms with E-state index in [0.29, 0.717) is 11.5 Å². The Balaban J connectivity index is 1.95. The number of nitrogens with one attached hydrogen (secondary N) is 2. The summed E-state index contributed by atoms with van der Waals surface area (Å²) in [5.74, 6) is 1.24. The maximum Gasteiger partial charge on any atom is 0.132 e. The molecule has 1 aliphatic heterocycles. The molecule has 0 saturated carbocycles. The van der Waals surface area contributed by atoms with Gasteiger partial charge in [0.05, 0.1) is 5.69 Å². The Hall–Kier alpha value is -1.68. The van der Waals surface area contributed by atoms with Gasteiger partial charge in [0.25, 0.3) is 0 Å². The van der Waals surface area contributed by atoms with Crippen LogP contribution in [0.5, 0.6) is 0 Å². The molecular weight excluding hydrogens is 241 g/mol. The molecule has 0 radical (unpaired) electrons. The number of aryl methyl sites for hydroxylation is 1. The van der Waals surface area contributed by atoms with Gasteiger partial charge in [-0.3, -0.25) is 0 Å². The second kappa shape index (κ2) is 5.13. The first-order chi connectivity index (χ1) is 9.25. The molecule has 3 rings (SSSR count). The molecule has 4 heteroatoms. The van der Waals surface area contributed by atoms with E-state index in [0.717, 1.165) is 43.1 Å². The zero-order chi connectivity index (χ0) is 13.2. The average Bonchev–Trinajstić information content (AvgIpc) is 2.82. The second-order valence-electron chi connectivity index (χ2n) is 5.10. The lowest BCUT2D eigenvalue weighted by molar-refractivity contribution is 0.447. The standard InChI is InChI=1S/C15H18FN3/c1-10-14(12-4-2-3-5-13(12)16)19-15(18-10)11-6-8-17-9-7-11/h2-5,11,17H,6-9H2,1H3,(H,18,19). The summed E-state index contributed by atoms with van der Waals surface area (Å²) in [4.78, 5) is 7.98. The van der Waals surface area contributed by atoms with Gasteiger partial charge in [0.15, 0.2) is 0 Å². The van der Waals surface area contributed by atoms with E-state index in [1.54, 1.807) is 12.1 Å². The molecule has 1 aliphatic rings. The lowest BCUT2D eigenvalue weighted by Gasteiger charge is -2.20. The summed E-state index contributed by atoms with van der Waals surface area (Å²) < 4.78 is 13.8. The number of hydrogen-bond donors (Lipinski definition) is 2. The lowest BCUT2D eigenvalue weighted by atomic mass is 9.98. The smallest absolute Gasteiger partial charge is 0.132 e. The number of hydrogen-bond acceptors (Lipinski definition) is 2. The fourth-order valence-corrected chi connectivity index (χ4v) is 2.69. The Kier molecular flexibility index (Phi) is 3.34. The summed E-state index contributed by atoms with van der Waals surface area (Å²) in [5, 5.41) is 3.35. The maximum atomic E-state index is 13.8. The van der Waals surface area contributed by atoms with Gasteiger partial charge < -0.3 is 10.3 Å². The fourth-order valence-electron chi connectivity index (χ4n) is 2.69. The summed E-state index contributed by atoms with van der Waals surface area (Å²) in [7, 11) is 0. The summed E-state index contributed by atoms with van der Waals surface area (Å²) >= 11 is 0. The van der Waals surface area contributed by atoms with Crippen molar-refractivity contribution in [2.24, 2.45) is 0 Å². The number of aromatic nitrogens is 2. The van der Waals surface area contributed by atoms with E-state index in [-0.39, 0.29) is 5.82 Å². The Labute approximate surface area is 112 Å². The largest absolute Gasteiger partial charge is 0.345 e. The number of rotatable bonds is 2. The topological polar surface area (TPSA) is 40.7 Å². The van der Waals surface area contributed by atoms with Crippen LogP contribution in [-0.2, 0) is 0 Å². The van der Waals surface area contributed by atoms with Crippen molar-refractivity contribution in [2.45, 2.75) is 25.7 Å². The third-order valence-electron chi connectivity index (χ3n) is 3.76. The lowest BCUT2D eigenvalue weighted by Crippen LogP contribution is -2.27. The van der Waals surface area contributed by atoms with Gasteiger partial charge in [0.1, 0.15) is 11.6 Å². The van der Waals surface area contributed by atoms with Gasteiger partial charge >= 0.3 is 0 Å². The molecule has 0 atom stereocenters. The van der Waals surface area contributed by atoms with E-state index in [2.05, 4.69) is 15.3 Å². The van der Waals surface area contributed by atoms with Gasteiger partial charge in [-0.2, -0.15) is 0 Å². The van der Waals surface area contributed by atoms with Crippen LogP contribution in [-0.4, -0.2) is 23.1 Å². The van der Waals surface area contributed by atoms with E-state index < -0.39 is 0 Å². The van der Waals surface area contributed by atoms with Gasteiger partial charge in [0.2, 0.25) is 0 Å². The van der Waals surface area contributed by atoms with E-state index in [9.17, 15) is 4.39 Å². The van der Waals surface area contributed by atoms with Crippen LogP contribution in [0.1, 0.15) is 30.3 Å². The second-order valence-corrected chi connectivity index (χ2v) is 5.10. The molecule has 1 fully saturated rings.